The van der Waals surface area contributed by atoms with Gasteiger partial charge >= 0.3 is 36.7 Å². The summed E-state index contributed by atoms with van der Waals surface area (Å²) >= 11 is 0. The first-order chi connectivity index (χ1) is 8.76. The zero-order valence-electron chi connectivity index (χ0n) is 11.0. The molecule has 2 heterocycles. The minimum atomic E-state index is -1.22. The summed E-state index contributed by atoms with van der Waals surface area (Å²) in [5.41, 5.74) is -0.0678. The molecule has 1 aromatic heterocycles. The van der Waals surface area contributed by atoms with Crippen LogP contribution in [0.1, 0.15) is 42.9 Å². The number of esters is 1. The molecule has 1 aliphatic rings. The monoisotopic (exact) mass is 276 g/mol. The number of hydrogen-bond donors (Lipinski definition) is 2. The summed E-state index contributed by atoms with van der Waals surface area (Å²) in [7, 11) is 0. The van der Waals surface area contributed by atoms with E-state index in [0.29, 0.717) is 11.5 Å². The van der Waals surface area contributed by atoms with Gasteiger partial charge in [0.25, 0.3) is 0 Å². The van der Waals surface area contributed by atoms with E-state index < -0.39 is 17.6 Å². The fraction of sp³-hybridized carbons (Fsp3) is 0.583. The van der Waals surface area contributed by atoms with Gasteiger partial charge in [0.05, 0.1) is 12.2 Å². The Morgan fingerprint density at radius 1 is 1.45 bits per heavy atom. The van der Waals surface area contributed by atoms with E-state index in [-0.39, 0.29) is 43.7 Å². The molecule has 1 atom stereocenters. The molecule has 2 N–H and O–H groups in total. The molecule has 7 nitrogen and oxygen atoms in total. The average Bonchev–Trinajstić information content (AvgIpc) is 2.69. The molecule has 2 rings (SSSR count). The first kappa shape index (κ1) is 16.8. The molecule has 0 aliphatic carbocycles. The van der Waals surface area contributed by atoms with E-state index in [9.17, 15) is 9.59 Å². The predicted octanol–water partition coefficient (Wildman–Crippen LogP) is 0.0803. The van der Waals surface area contributed by atoms with Crippen molar-refractivity contribution in [3.05, 3.63) is 17.3 Å². The Morgan fingerprint density at radius 3 is 2.65 bits per heavy atom. The third-order valence-electron chi connectivity index (χ3n) is 2.56. The summed E-state index contributed by atoms with van der Waals surface area (Å²) in [4.78, 5) is 26.5. The minimum absolute atomic E-state index is 0. The maximum absolute atomic E-state index is 11.9. The molecule has 1 unspecified atom stereocenters. The molecule has 8 heteroatoms. The summed E-state index contributed by atoms with van der Waals surface area (Å²) in [6, 6.07) is -0.529. The van der Waals surface area contributed by atoms with Gasteiger partial charge < -0.3 is 14.3 Å². The van der Waals surface area contributed by atoms with E-state index in [1.54, 1.807) is 20.8 Å². The van der Waals surface area contributed by atoms with E-state index in [1.165, 1.54) is 0 Å². The molecule has 0 amide bonds. The normalized spacial score (nSPS) is 17.9. The summed E-state index contributed by atoms with van der Waals surface area (Å²) in [6.45, 7) is 5.63. The van der Waals surface area contributed by atoms with Crippen LogP contribution < -0.4 is 5.32 Å². The van der Waals surface area contributed by atoms with Crippen LogP contribution in [0.25, 0.3) is 0 Å². The van der Waals surface area contributed by atoms with Crippen molar-refractivity contribution < 1.29 is 23.8 Å². The van der Waals surface area contributed by atoms with Gasteiger partial charge in [0.15, 0.2) is 0 Å². The summed E-state index contributed by atoms with van der Waals surface area (Å²) in [5, 5.41) is 11.7. The Balaban J connectivity index is 0.00000200. The number of nitrogens with one attached hydrogen (secondary N) is 1. The van der Waals surface area contributed by atoms with E-state index in [4.69, 9.17) is 14.3 Å². The zero-order chi connectivity index (χ0) is 14.2. The van der Waals surface area contributed by atoms with Crippen molar-refractivity contribution in [2.24, 2.45) is 0 Å². The second kappa shape index (κ2) is 6.00. The molecular formula is C12H17LiN2O5. The number of ether oxygens (including phenoxy) is 1. The zero-order valence-corrected chi connectivity index (χ0v) is 11.0. The van der Waals surface area contributed by atoms with Crippen molar-refractivity contribution >= 4 is 30.8 Å². The molecular weight excluding hydrogens is 259 g/mol. The topological polar surface area (TPSA) is 102 Å². The van der Waals surface area contributed by atoms with Gasteiger partial charge in [-0.25, -0.2) is 9.78 Å². The first-order valence-electron chi connectivity index (χ1n) is 5.94. The van der Waals surface area contributed by atoms with Gasteiger partial charge in [-0.2, -0.15) is 0 Å². The molecule has 0 saturated heterocycles. The Kier molecular flexibility index (Phi) is 5.03. The van der Waals surface area contributed by atoms with Crippen molar-refractivity contribution in [3.8, 4) is 0 Å². The van der Waals surface area contributed by atoms with E-state index in [0.717, 1.165) is 0 Å². The summed E-state index contributed by atoms with van der Waals surface area (Å²) in [6.07, 6.45) is 0.265. The Hall–Kier alpha value is -1.29. The second-order valence-electron chi connectivity index (χ2n) is 5.37. The van der Waals surface area contributed by atoms with E-state index >= 15 is 0 Å². The number of nitrogens with zero attached hydrogens (tertiary/aromatic N) is 1. The van der Waals surface area contributed by atoms with Crippen LogP contribution in [0.3, 0.4) is 0 Å². The van der Waals surface area contributed by atoms with E-state index in [1.807, 2.05) is 0 Å². The van der Waals surface area contributed by atoms with Crippen molar-refractivity contribution in [1.29, 1.82) is 0 Å². The number of fused-ring (bicyclic) bond motifs is 1. The molecule has 1 aliphatic heterocycles. The van der Waals surface area contributed by atoms with Gasteiger partial charge in [-0.3, -0.25) is 10.1 Å². The third-order valence-corrected chi connectivity index (χ3v) is 2.56. The van der Waals surface area contributed by atoms with Crippen LogP contribution >= 0.6 is 0 Å². The van der Waals surface area contributed by atoms with Crippen molar-refractivity contribution in [3.63, 3.8) is 0 Å². The molecule has 0 fully saturated rings. The van der Waals surface area contributed by atoms with Crippen molar-refractivity contribution in [2.45, 2.75) is 45.4 Å². The molecule has 0 spiro atoms. The average molecular weight is 276 g/mol. The van der Waals surface area contributed by atoms with Gasteiger partial charge in [0.1, 0.15) is 17.4 Å². The molecule has 0 radical (unpaired) electrons. The van der Waals surface area contributed by atoms with Crippen LogP contribution in [0, 0.1) is 0 Å². The Morgan fingerprint density at radius 2 is 2.10 bits per heavy atom. The fourth-order valence-electron chi connectivity index (χ4n) is 1.79. The number of rotatable bonds is 2. The molecule has 0 bridgehead atoms. The Bertz CT molecular complexity index is 520. The van der Waals surface area contributed by atoms with Crippen LogP contribution in [0.15, 0.2) is 4.42 Å². The van der Waals surface area contributed by atoms with Crippen LogP contribution in [-0.4, -0.2) is 52.5 Å². The molecule has 106 valence electrons. The molecule has 1 aromatic rings. The summed E-state index contributed by atoms with van der Waals surface area (Å²) in [5.74, 6) is -1.49. The predicted molar refractivity (Wildman–Crippen MR) is 70.8 cm³/mol. The summed E-state index contributed by atoms with van der Waals surface area (Å²) < 4.78 is 10.3. The number of carbonyl (C=O) groups excluding carboxylic acids is 1. The molecule has 20 heavy (non-hydrogen) atoms. The van der Waals surface area contributed by atoms with Crippen LogP contribution in [0.4, 0.5) is 0 Å². The van der Waals surface area contributed by atoms with Gasteiger partial charge in [0.2, 0.25) is 0 Å². The number of carboxylic acid groups (broad SMARTS) is 1. The second-order valence-corrected chi connectivity index (χ2v) is 5.37. The van der Waals surface area contributed by atoms with Crippen LogP contribution in [-0.2, 0) is 22.5 Å². The van der Waals surface area contributed by atoms with Crippen molar-refractivity contribution in [2.75, 3.05) is 0 Å². The van der Waals surface area contributed by atoms with Crippen LogP contribution in [0.2, 0.25) is 0 Å². The number of oxazole rings is 1. The standard InChI is InChI=1S/C12H16N2O5.Li.H/c1-12(2,3)19-11(17)7-4-6-8(5-13-7)18-9(14-6)10(15)16;;/h7,13H,4-5H2,1-3H3,(H,15,16);;. The van der Waals surface area contributed by atoms with Crippen molar-refractivity contribution in [1.82, 2.24) is 10.3 Å². The number of hydrogen-bond acceptors (Lipinski definition) is 6. The maximum atomic E-state index is 11.9. The van der Waals surface area contributed by atoms with E-state index in [2.05, 4.69) is 10.3 Å². The number of carboxylic acids is 1. The number of aromatic nitrogens is 1. The third kappa shape index (κ3) is 3.85. The number of aromatic carboxylic acids is 1. The quantitative estimate of drug-likeness (QED) is 0.582. The fourth-order valence-corrected chi connectivity index (χ4v) is 1.79. The SMILES string of the molecule is CC(C)(C)OC(=O)C1Cc2nc(C(=O)O)oc2CN1.[LiH]. The van der Waals surface area contributed by atoms with Gasteiger partial charge in [-0.05, 0) is 20.8 Å². The first-order valence-corrected chi connectivity index (χ1v) is 5.94. The van der Waals surface area contributed by atoms with Gasteiger partial charge in [-0.1, -0.05) is 0 Å². The van der Waals surface area contributed by atoms with Gasteiger partial charge in [-0.15, -0.1) is 0 Å². The van der Waals surface area contributed by atoms with Crippen LogP contribution in [0.5, 0.6) is 0 Å². The molecule has 0 saturated carbocycles. The molecule has 0 aromatic carbocycles. The van der Waals surface area contributed by atoms with Gasteiger partial charge in [0, 0.05) is 6.42 Å². The Labute approximate surface area is 128 Å². The number of carbonyl (C=O) groups is 2.